The SMILES string of the molecule is O=C(Cc1csc(/C=C/c2ccccc2)c1)NN1CCC1=O. The number of carbonyl (C=O) groups is 2. The maximum absolute atomic E-state index is 11.8. The second-order valence-corrected chi connectivity index (χ2v) is 6.05. The maximum Gasteiger partial charge on any atom is 0.243 e. The molecule has 1 fully saturated rings. The summed E-state index contributed by atoms with van der Waals surface area (Å²) in [6.45, 7) is 0.610. The first kappa shape index (κ1) is 14.5. The van der Waals surface area contributed by atoms with E-state index in [1.54, 1.807) is 11.3 Å². The van der Waals surface area contributed by atoms with E-state index in [1.165, 1.54) is 5.01 Å². The van der Waals surface area contributed by atoms with Crippen LogP contribution in [0, 0.1) is 0 Å². The highest BCUT2D eigenvalue weighted by atomic mass is 32.1. The molecule has 3 rings (SSSR count). The van der Waals surface area contributed by atoms with E-state index in [-0.39, 0.29) is 11.8 Å². The molecular formula is C17H16N2O2S. The number of β-lactam (4-membered cyclic amide) rings is 1. The topological polar surface area (TPSA) is 49.4 Å². The average molecular weight is 312 g/mol. The molecule has 0 bridgehead atoms. The fraction of sp³-hybridized carbons (Fsp3) is 0.176. The Bertz CT molecular complexity index is 706. The number of nitrogens with zero attached hydrogens (tertiary/aromatic N) is 1. The molecule has 22 heavy (non-hydrogen) atoms. The quantitative estimate of drug-likeness (QED) is 0.863. The number of amides is 2. The van der Waals surface area contributed by atoms with Gasteiger partial charge in [-0.05, 0) is 28.6 Å². The number of nitrogens with one attached hydrogen (secondary N) is 1. The fourth-order valence-electron chi connectivity index (χ4n) is 2.13. The first-order valence-electron chi connectivity index (χ1n) is 7.11. The predicted octanol–water partition coefficient (Wildman–Crippen LogP) is 2.72. The van der Waals surface area contributed by atoms with Crippen LogP contribution in [-0.2, 0) is 16.0 Å². The number of hydrogen-bond donors (Lipinski definition) is 1. The van der Waals surface area contributed by atoms with Crippen molar-refractivity contribution in [3.8, 4) is 0 Å². The minimum absolute atomic E-state index is 0.0230. The summed E-state index contributed by atoms with van der Waals surface area (Å²) >= 11 is 1.60. The van der Waals surface area contributed by atoms with Crippen molar-refractivity contribution in [2.45, 2.75) is 12.8 Å². The van der Waals surface area contributed by atoms with Crippen LogP contribution in [0.25, 0.3) is 12.2 Å². The van der Waals surface area contributed by atoms with Crippen molar-refractivity contribution in [1.82, 2.24) is 10.4 Å². The van der Waals surface area contributed by atoms with Crippen molar-refractivity contribution in [2.75, 3.05) is 6.54 Å². The molecule has 2 heterocycles. The fourth-order valence-corrected chi connectivity index (χ4v) is 2.93. The van der Waals surface area contributed by atoms with Gasteiger partial charge in [-0.3, -0.25) is 20.0 Å². The van der Waals surface area contributed by atoms with E-state index in [4.69, 9.17) is 0 Å². The zero-order valence-corrected chi connectivity index (χ0v) is 12.8. The lowest BCUT2D eigenvalue weighted by Crippen LogP contribution is -2.54. The van der Waals surface area contributed by atoms with Gasteiger partial charge in [-0.2, -0.15) is 0 Å². The lowest BCUT2D eigenvalue weighted by atomic mass is 10.2. The number of hydrazine groups is 1. The van der Waals surface area contributed by atoms with E-state index >= 15 is 0 Å². The maximum atomic E-state index is 11.8. The highest BCUT2D eigenvalue weighted by molar-refractivity contribution is 7.11. The van der Waals surface area contributed by atoms with Crippen molar-refractivity contribution in [2.24, 2.45) is 0 Å². The summed E-state index contributed by atoms with van der Waals surface area (Å²) in [5, 5.41) is 3.34. The van der Waals surface area contributed by atoms with E-state index in [0.29, 0.717) is 19.4 Å². The molecule has 1 N–H and O–H groups in total. The van der Waals surface area contributed by atoms with E-state index in [0.717, 1.165) is 16.0 Å². The van der Waals surface area contributed by atoms with Crippen LogP contribution >= 0.6 is 11.3 Å². The van der Waals surface area contributed by atoms with Gasteiger partial charge in [0.1, 0.15) is 0 Å². The van der Waals surface area contributed by atoms with Crippen molar-refractivity contribution in [3.05, 3.63) is 57.8 Å². The summed E-state index contributed by atoms with van der Waals surface area (Å²) in [7, 11) is 0. The largest absolute Gasteiger partial charge is 0.273 e. The monoisotopic (exact) mass is 312 g/mol. The van der Waals surface area contributed by atoms with Crippen LogP contribution in [0.2, 0.25) is 0 Å². The van der Waals surface area contributed by atoms with Crippen molar-refractivity contribution >= 4 is 35.3 Å². The molecule has 0 atom stereocenters. The van der Waals surface area contributed by atoms with E-state index in [1.807, 2.05) is 47.9 Å². The Labute approximate surface area is 133 Å². The second kappa shape index (κ2) is 6.58. The predicted molar refractivity (Wildman–Crippen MR) is 87.9 cm³/mol. The average Bonchev–Trinajstić information content (AvgIpc) is 2.97. The molecular weight excluding hydrogens is 296 g/mol. The molecule has 5 heteroatoms. The molecule has 1 saturated heterocycles. The van der Waals surface area contributed by atoms with Crippen molar-refractivity contribution in [3.63, 3.8) is 0 Å². The summed E-state index contributed by atoms with van der Waals surface area (Å²) in [5.74, 6) is -0.172. The molecule has 2 amide bonds. The smallest absolute Gasteiger partial charge is 0.243 e. The number of hydrogen-bond acceptors (Lipinski definition) is 3. The molecule has 0 radical (unpaired) electrons. The highest BCUT2D eigenvalue weighted by Gasteiger charge is 2.25. The third-order valence-electron chi connectivity index (χ3n) is 3.39. The van der Waals surface area contributed by atoms with Gasteiger partial charge < -0.3 is 0 Å². The van der Waals surface area contributed by atoms with Gasteiger partial charge in [-0.1, -0.05) is 36.4 Å². The van der Waals surface area contributed by atoms with Crippen LogP contribution in [0.1, 0.15) is 22.4 Å². The second-order valence-electron chi connectivity index (χ2n) is 5.11. The molecule has 1 aromatic carbocycles. The van der Waals surface area contributed by atoms with E-state index in [9.17, 15) is 9.59 Å². The van der Waals surface area contributed by atoms with Crippen molar-refractivity contribution in [1.29, 1.82) is 0 Å². The number of carbonyl (C=O) groups excluding carboxylic acids is 2. The van der Waals surface area contributed by atoms with Gasteiger partial charge >= 0.3 is 0 Å². The normalized spacial score (nSPS) is 14.2. The number of thiophene rings is 1. The molecule has 0 unspecified atom stereocenters. The van der Waals surface area contributed by atoms with Gasteiger partial charge in [0.2, 0.25) is 11.8 Å². The van der Waals surface area contributed by atoms with Gasteiger partial charge in [-0.15, -0.1) is 11.3 Å². The minimum atomic E-state index is -0.149. The van der Waals surface area contributed by atoms with Crippen LogP contribution in [-0.4, -0.2) is 23.4 Å². The Balaban J connectivity index is 1.55. The molecule has 0 aliphatic carbocycles. The van der Waals surface area contributed by atoms with Crippen LogP contribution in [0.5, 0.6) is 0 Å². The lowest BCUT2D eigenvalue weighted by molar-refractivity contribution is -0.149. The molecule has 1 aromatic heterocycles. The van der Waals surface area contributed by atoms with Crippen LogP contribution in [0.15, 0.2) is 41.8 Å². The minimum Gasteiger partial charge on any atom is -0.273 e. The summed E-state index contributed by atoms with van der Waals surface area (Å²) in [6, 6.07) is 12.1. The third-order valence-corrected chi connectivity index (χ3v) is 4.34. The zero-order chi connectivity index (χ0) is 15.4. The Kier molecular flexibility index (Phi) is 4.34. The van der Waals surface area contributed by atoms with Gasteiger partial charge in [0.25, 0.3) is 0 Å². The molecule has 1 aliphatic rings. The van der Waals surface area contributed by atoms with E-state index in [2.05, 4.69) is 11.5 Å². The van der Waals surface area contributed by atoms with Crippen molar-refractivity contribution < 1.29 is 9.59 Å². The first-order chi connectivity index (χ1) is 10.7. The highest BCUT2D eigenvalue weighted by Crippen LogP contribution is 2.18. The molecule has 2 aromatic rings. The number of rotatable bonds is 5. The molecule has 4 nitrogen and oxygen atoms in total. The Morgan fingerprint density at radius 3 is 2.77 bits per heavy atom. The van der Waals surface area contributed by atoms with Crippen LogP contribution < -0.4 is 5.43 Å². The standard InChI is InChI=1S/C17H16N2O2S/c20-16(18-19-9-8-17(19)21)11-14-10-15(22-12-14)7-6-13-4-2-1-3-5-13/h1-7,10,12H,8-9,11H2,(H,18,20)/b7-6+. The van der Waals surface area contributed by atoms with Gasteiger partial charge in [-0.25, -0.2) is 0 Å². The first-order valence-corrected chi connectivity index (χ1v) is 7.99. The molecule has 0 saturated carbocycles. The van der Waals surface area contributed by atoms with Gasteiger partial charge in [0.15, 0.2) is 0 Å². The van der Waals surface area contributed by atoms with Crippen LogP contribution in [0.4, 0.5) is 0 Å². The summed E-state index contributed by atoms with van der Waals surface area (Å²) < 4.78 is 0. The summed E-state index contributed by atoms with van der Waals surface area (Å²) in [4.78, 5) is 24.1. The van der Waals surface area contributed by atoms with Gasteiger partial charge in [0, 0.05) is 11.3 Å². The Morgan fingerprint density at radius 1 is 1.27 bits per heavy atom. The lowest BCUT2D eigenvalue weighted by Gasteiger charge is -2.30. The summed E-state index contributed by atoms with van der Waals surface area (Å²) in [6.07, 6.45) is 4.90. The summed E-state index contributed by atoms with van der Waals surface area (Å²) in [5.41, 5.74) is 4.72. The third kappa shape index (κ3) is 3.62. The molecule has 112 valence electrons. The number of benzene rings is 1. The Morgan fingerprint density at radius 2 is 2.09 bits per heavy atom. The van der Waals surface area contributed by atoms with Crippen LogP contribution in [0.3, 0.4) is 0 Å². The molecule has 1 aliphatic heterocycles. The Hall–Kier alpha value is -2.40. The zero-order valence-electron chi connectivity index (χ0n) is 12.0. The molecule has 0 spiro atoms. The van der Waals surface area contributed by atoms with E-state index < -0.39 is 0 Å². The van der Waals surface area contributed by atoms with Gasteiger partial charge in [0.05, 0.1) is 13.0 Å².